The quantitative estimate of drug-likeness (QED) is 0.752. The van der Waals surface area contributed by atoms with E-state index in [1.165, 1.54) is 0 Å². The zero-order valence-corrected chi connectivity index (χ0v) is 13.6. The van der Waals surface area contributed by atoms with E-state index in [1.54, 1.807) is 16.7 Å². The number of urea groups is 1. The summed E-state index contributed by atoms with van der Waals surface area (Å²) >= 11 is 0. The molecule has 1 N–H and O–H groups in total. The number of amides is 2. The average Bonchev–Trinajstić information content (AvgIpc) is 2.45. The van der Waals surface area contributed by atoms with Crippen molar-refractivity contribution >= 4 is 12.0 Å². The minimum atomic E-state index is -0.810. The van der Waals surface area contributed by atoms with E-state index >= 15 is 0 Å². The highest BCUT2D eigenvalue weighted by molar-refractivity contribution is 5.75. The number of carbonyl (C=O) groups is 2. The molecule has 2 amide bonds. The number of carboxylic acid groups (broad SMARTS) is 1. The molecule has 7 nitrogen and oxygen atoms in total. The number of aliphatic carboxylic acids is 1. The molecule has 1 rings (SSSR count). The van der Waals surface area contributed by atoms with Gasteiger partial charge in [-0.25, -0.2) is 4.79 Å². The zero-order chi connectivity index (χ0) is 16.0. The molecule has 0 bridgehead atoms. The van der Waals surface area contributed by atoms with Crippen molar-refractivity contribution in [2.24, 2.45) is 0 Å². The molecular formula is C14H28N4O3. The van der Waals surface area contributed by atoms with E-state index in [2.05, 4.69) is 4.90 Å². The molecule has 1 fully saturated rings. The van der Waals surface area contributed by atoms with Gasteiger partial charge in [0.05, 0.1) is 0 Å². The van der Waals surface area contributed by atoms with Crippen molar-refractivity contribution in [3.05, 3.63) is 0 Å². The van der Waals surface area contributed by atoms with Gasteiger partial charge in [0.1, 0.15) is 6.04 Å². The minimum absolute atomic E-state index is 0.0383. The van der Waals surface area contributed by atoms with Crippen molar-refractivity contribution in [1.82, 2.24) is 19.6 Å². The Morgan fingerprint density at radius 3 is 2.14 bits per heavy atom. The van der Waals surface area contributed by atoms with Crippen LogP contribution >= 0.6 is 0 Å². The van der Waals surface area contributed by atoms with Crippen molar-refractivity contribution in [3.8, 4) is 0 Å². The molecule has 1 saturated heterocycles. The molecule has 7 heteroatoms. The maximum Gasteiger partial charge on any atom is 0.320 e. The van der Waals surface area contributed by atoms with Crippen LogP contribution in [-0.4, -0.2) is 103 Å². The summed E-state index contributed by atoms with van der Waals surface area (Å²) in [5, 5.41) is 9.01. The summed E-state index contributed by atoms with van der Waals surface area (Å²) in [7, 11) is 5.86. The van der Waals surface area contributed by atoms with E-state index in [0.29, 0.717) is 26.2 Å². The Labute approximate surface area is 127 Å². The summed E-state index contributed by atoms with van der Waals surface area (Å²) < 4.78 is 0. The van der Waals surface area contributed by atoms with E-state index in [0.717, 1.165) is 19.5 Å². The van der Waals surface area contributed by atoms with Crippen LogP contribution in [-0.2, 0) is 4.79 Å². The first-order valence-corrected chi connectivity index (χ1v) is 7.44. The lowest BCUT2D eigenvalue weighted by molar-refractivity contribution is -0.143. The second-order valence-corrected chi connectivity index (χ2v) is 5.90. The molecule has 1 aliphatic heterocycles. The summed E-state index contributed by atoms with van der Waals surface area (Å²) in [5.74, 6) is -0.810. The second-order valence-electron chi connectivity index (χ2n) is 5.90. The fourth-order valence-corrected chi connectivity index (χ4v) is 2.42. The van der Waals surface area contributed by atoms with E-state index in [1.807, 2.05) is 26.0 Å². The molecule has 21 heavy (non-hydrogen) atoms. The lowest BCUT2D eigenvalue weighted by atomic mass is 10.2. The van der Waals surface area contributed by atoms with Crippen LogP contribution < -0.4 is 0 Å². The first-order valence-electron chi connectivity index (χ1n) is 7.44. The largest absolute Gasteiger partial charge is 0.480 e. The fourth-order valence-electron chi connectivity index (χ4n) is 2.42. The van der Waals surface area contributed by atoms with Crippen molar-refractivity contribution in [3.63, 3.8) is 0 Å². The van der Waals surface area contributed by atoms with Gasteiger partial charge < -0.3 is 19.8 Å². The molecular weight excluding hydrogens is 272 g/mol. The predicted molar refractivity (Wildman–Crippen MR) is 81.4 cm³/mol. The minimum Gasteiger partial charge on any atom is -0.480 e. The van der Waals surface area contributed by atoms with E-state index < -0.39 is 12.0 Å². The number of piperazine rings is 1. The summed E-state index contributed by atoms with van der Waals surface area (Å²) in [6.45, 7) is 5.80. The van der Waals surface area contributed by atoms with Gasteiger partial charge in [-0.05, 0) is 34.0 Å². The van der Waals surface area contributed by atoms with Gasteiger partial charge in [0.15, 0.2) is 0 Å². The van der Waals surface area contributed by atoms with Crippen molar-refractivity contribution in [2.75, 3.05) is 60.4 Å². The zero-order valence-electron chi connectivity index (χ0n) is 13.6. The van der Waals surface area contributed by atoms with Crippen LogP contribution in [0.4, 0.5) is 4.79 Å². The number of nitrogens with zero attached hydrogens (tertiary/aromatic N) is 4. The van der Waals surface area contributed by atoms with Crippen molar-refractivity contribution in [1.29, 1.82) is 0 Å². The van der Waals surface area contributed by atoms with Crippen molar-refractivity contribution < 1.29 is 14.7 Å². The summed E-state index contributed by atoms with van der Waals surface area (Å²) in [6.07, 6.45) is 0.950. The SMILES string of the molecule is CC(C(=O)O)N1CCN(C(=O)N(C)CCCN(C)C)CC1. The maximum absolute atomic E-state index is 12.3. The van der Waals surface area contributed by atoms with Gasteiger partial charge in [-0.15, -0.1) is 0 Å². The molecule has 1 unspecified atom stereocenters. The molecule has 0 aromatic carbocycles. The first-order chi connectivity index (χ1) is 9.82. The molecule has 0 radical (unpaired) electrons. The number of carbonyl (C=O) groups excluding carboxylic acids is 1. The molecule has 122 valence electrons. The van der Waals surface area contributed by atoms with Crippen LogP contribution in [0.5, 0.6) is 0 Å². The Kier molecular flexibility index (Phi) is 6.91. The summed E-state index contributed by atoms with van der Waals surface area (Å²) in [6, 6.07) is -0.448. The van der Waals surface area contributed by atoms with Gasteiger partial charge in [-0.2, -0.15) is 0 Å². The van der Waals surface area contributed by atoms with E-state index in [4.69, 9.17) is 5.11 Å². The number of hydrogen-bond acceptors (Lipinski definition) is 4. The number of rotatable bonds is 6. The van der Waals surface area contributed by atoms with Crippen LogP contribution in [0.25, 0.3) is 0 Å². The highest BCUT2D eigenvalue weighted by Crippen LogP contribution is 2.08. The Bertz CT molecular complexity index is 354. The lowest BCUT2D eigenvalue weighted by Gasteiger charge is -2.38. The number of carboxylic acids is 1. The lowest BCUT2D eigenvalue weighted by Crippen LogP contribution is -2.55. The Balaban J connectivity index is 2.35. The Morgan fingerprint density at radius 2 is 1.67 bits per heavy atom. The first kappa shape index (κ1) is 17.7. The molecule has 0 aliphatic carbocycles. The van der Waals surface area contributed by atoms with Gasteiger partial charge in [0.2, 0.25) is 0 Å². The van der Waals surface area contributed by atoms with Crippen LogP contribution in [0.3, 0.4) is 0 Å². The molecule has 1 heterocycles. The molecule has 0 aromatic heterocycles. The molecule has 1 atom stereocenters. The van der Waals surface area contributed by atoms with Crippen LogP contribution in [0.15, 0.2) is 0 Å². The van der Waals surface area contributed by atoms with Gasteiger partial charge in [0, 0.05) is 39.8 Å². The third-order valence-corrected chi connectivity index (χ3v) is 3.92. The van der Waals surface area contributed by atoms with Crippen LogP contribution in [0.2, 0.25) is 0 Å². The normalized spacial score (nSPS) is 17.9. The Morgan fingerprint density at radius 1 is 1.10 bits per heavy atom. The monoisotopic (exact) mass is 300 g/mol. The van der Waals surface area contributed by atoms with Crippen molar-refractivity contribution in [2.45, 2.75) is 19.4 Å². The third kappa shape index (κ3) is 5.51. The van der Waals surface area contributed by atoms with Gasteiger partial charge in [-0.1, -0.05) is 0 Å². The Hall–Kier alpha value is -1.34. The summed E-state index contributed by atoms with van der Waals surface area (Å²) in [4.78, 5) is 30.8. The van der Waals surface area contributed by atoms with Gasteiger partial charge in [0.25, 0.3) is 0 Å². The standard InChI is InChI=1S/C14H28N4O3/c1-12(13(19)20)17-8-10-18(11-9-17)14(21)16(4)7-5-6-15(2)3/h12H,5-11H2,1-4H3,(H,19,20). The van der Waals surface area contributed by atoms with Crippen LogP contribution in [0, 0.1) is 0 Å². The molecule has 0 aromatic rings. The van der Waals surface area contributed by atoms with Crippen LogP contribution in [0.1, 0.15) is 13.3 Å². The molecule has 0 saturated carbocycles. The topological polar surface area (TPSA) is 67.3 Å². The summed E-state index contributed by atoms with van der Waals surface area (Å²) in [5.41, 5.74) is 0. The second kappa shape index (κ2) is 8.19. The highest BCUT2D eigenvalue weighted by atomic mass is 16.4. The highest BCUT2D eigenvalue weighted by Gasteiger charge is 2.28. The smallest absolute Gasteiger partial charge is 0.320 e. The fraction of sp³-hybridized carbons (Fsp3) is 0.857. The molecule has 1 aliphatic rings. The third-order valence-electron chi connectivity index (χ3n) is 3.92. The van der Waals surface area contributed by atoms with E-state index in [9.17, 15) is 9.59 Å². The van der Waals surface area contributed by atoms with Gasteiger partial charge >= 0.3 is 12.0 Å². The molecule has 0 spiro atoms. The number of hydrogen-bond donors (Lipinski definition) is 1. The van der Waals surface area contributed by atoms with Gasteiger partial charge in [-0.3, -0.25) is 9.69 Å². The maximum atomic E-state index is 12.3. The predicted octanol–water partition coefficient (Wildman–Crippen LogP) is 0.0806. The average molecular weight is 300 g/mol. The van der Waals surface area contributed by atoms with E-state index in [-0.39, 0.29) is 6.03 Å².